The molecule has 19 heavy (non-hydrogen) atoms. The molecule has 0 saturated carbocycles. The van der Waals surface area contributed by atoms with Crippen LogP contribution in [0.1, 0.15) is 28.3 Å². The highest BCUT2D eigenvalue weighted by Gasteiger charge is 2.15. The second kappa shape index (κ2) is 4.99. The van der Waals surface area contributed by atoms with Crippen LogP contribution in [0, 0.1) is 0 Å². The first-order valence-corrected chi connectivity index (χ1v) is 6.22. The molecule has 1 aromatic carbocycles. The summed E-state index contributed by atoms with van der Waals surface area (Å²) in [5.74, 6) is 0.720. The molecule has 0 radical (unpaired) electrons. The van der Waals surface area contributed by atoms with E-state index in [1.807, 2.05) is 6.07 Å². The summed E-state index contributed by atoms with van der Waals surface area (Å²) in [6, 6.07) is 7.98. The summed E-state index contributed by atoms with van der Waals surface area (Å²) in [6.07, 6.45) is 3.45. The zero-order chi connectivity index (χ0) is 13.2. The fourth-order valence-corrected chi connectivity index (χ4v) is 2.30. The number of benzene rings is 1. The number of hydrogen-bond donors (Lipinski definition) is 1. The van der Waals surface area contributed by atoms with Crippen LogP contribution in [-0.4, -0.2) is 12.1 Å². The molecule has 98 valence electrons. The first-order chi connectivity index (χ1) is 9.28. The van der Waals surface area contributed by atoms with Crippen molar-refractivity contribution in [3.63, 3.8) is 0 Å². The van der Waals surface area contributed by atoms with E-state index in [0.29, 0.717) is 13.2 Å². The van der Waals surface area contributed by atoms with Crippen LogP contribution in [0.15, 0.2) is 36.7 Å². The molecule has 4 heteroatoms. The summed E-state index contributed by atoms with van der Waals surface area (Å²) < 4.78 is 10.6. The van der Waals surface area contributed by atoms with E-state index in [2.05, 4.69) is 23.2 Å². The molecule has 2 heterocycles. The van der Waals surface area contributed by atoms with Gasteiger partial charge in [-0.3, -0.25) is 4.98 Å². The third-order valence-corrected chi connectivity index (χ3v) is 3.43. The predicted molar refractivity (Wildman–Crippen MR) is 71.8 cm³/mol. The summed E-state index contributed by atoms with van der Waals surface area (Å²) in [6.45, 7) is 1.37. The molecule has 2 N–H and O–H groups in total. The molecule has 2 aromatic rings. The minimum Gasteiger partial charge on any atom is -0.495 e. The second-order valence-electron chi connectivity index (χ2n) is 4.66. The van der Waals surface area contributed by atoms with E-state index in [9.17, 15) is 0 Å². The highest BCUT2D eigenvalue weighted by Crippen LogP contribution is 2.27. The van der Waals surface area contributed by atoms with E-state index >= 15 is 0 Å². The van der Waals surface area contributed by atoms with Gasteiger partial charge in [0.1, 0.15) is 5.75 Å². The number of fused-ring (bicyclic) bond motifs is 1. The van der Waals surface area contributed by atoms with Gasteiger partial charge in [-0.15, -0.1) is 0 Å². The van der Waals surface area contributed by atoms with Gasteiger partial charge in [-0.1, -0.05) is 18.2 Å². The van der Waals surface area contributed by atoms with Crippen LogP contribution < -0.4 is 10.5 Å². The standard InChI is InChI=1S/C15H16N2O2/c1-18-14-5-12(6-17-7-14)15(16)10-2-3-11-8-19-9-13(11)4-10/h2-7,15H,8-9,16H2,1H3. The number of methoxy groups -OCH3 is 1. The van der Waals surface area contributed by atoms with Crippen molar-refractivity contribution in [2.24, 2.45) is 5.73 Å². The fourth-order valence-electron chi connectivity index (χ4n) is 2.30. The van der Waals surface area contributed by atoms with Gasteiger partial charge >= 0.3 is 0 Å². The topological polar surface area (TPSA) is 57.4 Å². The Morgan fingerprint density at radius 1 is 1.16 bits per heavy atom. The lowest BCUT2D eigenvalue weighted by molar-refractivity contribution is 0.134. The van der Waals surface area contributed by atoms with Gasteiger partial charge in [-0.2, -0.15) is 0 Å². The number of nitrogens with zero attached hydrogens (tertiary/aromatic N) is 1. The smallest absolute Gasteiger partial charge is 0.137 e. The van der Waals surface area contributed by atoms with Gasteiger partial charge in [0, 0.05) is 6.20 Å². The molecule has 1 aliphatic rings. The Labute approximate surface area is 112 Å². The summed E-state index contributed by atoms with van der Waals surface area (Å²) in [4.78, 5) is 4.14. The van der Waals surface area contributed by atoms with E-state index in [0.717, 1.165) is 16.9 Å². The second-order valence-corrected chi connectivity index (χ2v) is 4.66. The minimum atomic E-state index is -0.200. The van der Waals surface area contributed by atoms with E-state index < -0.39 is 0 Å². The van der Waals surface area contributed by atoms with Crippen molar-refractivity contribution in [2.45, 2.75) is 19.3 Å². The molecule has 0 aliphatic carbocycles. The van der Waals surface area contributed by atoms with Crippen LogP contribution >= 0.6 is 0 Å². The van der Waals surface area contributed by atoms with Gasteiger partial charge in [0.25, 0.3) is 0 Å². The molecular weight excluding hydrogens is 240 g/mol. The Morgan fingerprint density at radius 2 is 2.00 bits per heavy atom. The molecule has 0 spiro atoms. The third kappa shape index (κ3) is 2.32. The average molecular weight is 256 g/mol. The molecule has 3 rings (SSSR count). The summed E-state index contributed by atoms with van der Waals surface area (Å²) in [5, 5.41) is 0. The van der Waals surface area contributed by atoms with Crippen LogP contribution in [0.25, 0.3) is 0 Å². The van der Waals surface area contributed by atoms with Crippen LogP contribution in [-0.2, 0) is 18.0 Å². The maximum Gasteiger partial charge on any atom is 0.137 e. The lowest BCUT2D eigenvalue weighted by Gasteiger charge is -2.14. The van der Waals surface area contributed by atoms with Crippen LogP contribution in [0.2, 0.25) is 0 Å². The fraction of sp³-hybridized carbons (Fsp3) is 0.267. The van der Waals surface area contributed by atoms with Gasteiger partial charge in [0.2, 0.25) is 0 Å². The van der Waals surface area contributed by atoms with Gasteiger partial charge < -0.3 is 15.2 Å². The zero-order valence-corrected chi connectivity index (χ0v) is 10.8. The number of aromatic nitrogens is 1. The Bertz CT molecular complexity index is 598. The number of pyridine rings is 1. The molecule has 1 aliphatic heterocycles. The predicted octanol–water partition coefficient (Wildman–Crippen LogP) is 2.17. The highest BCUT2D eigenvalue weighted by atomic mass is 16.5. The van der Waals surface area contributed by atoms with Gasteiger partial charge in [0.05, 0.1) is 32.6 Å². The summed E-state index contributed by atoms with van der Waals surface area (Å²) >= 11 is 0. The van der Waals surface area contributed by atoms with Gasteiger partial charge in [-0.25, -0.2) is 0 Å². The molecule has 0 fully saturated rings. The van der Waals surface area contributed by atoms with Crippen LogP contribution in [0.5, 0.6) is 5.75 Å². The largest absolute Gasteiger partial charge is 0.495 e. The Morgan fingerprint density at radius 3 is 2.84 bits per heavy atom. The number of ether oxygens (including phenoxy) is 2. The van der Waals surface area contributed by atoms with Crippen molar-refractivity contribution in [3.05, 3.63) is 58.9 Å². The number of rotatable bonds is 3. The molecule has 0 saturated heterocycles. The quantitative estimate of drug-likeness (QED) is 0.914. The zero-order valence-electron chi connectivity index (χ0n) is 10.8. The Kier molecular flexibility index (Phi) is 3.19. The maximum absolute atomic E-state index is 6.30. The van der Waals surface area contributed by atoms with Crippen molar-refractivity contribution < 1.29 is 9.47 Å². The van der Waals surface area contributed by atoms with E-state index in [1.165, 1.54) is 11.1 Å². The molecule has 0 bridgehead atoms. The van der Waals surface area contributed by atoms with Crippen molar-refractivity contribution in [2.75, 3.05) is 7.11 Å². The van der Waals surface area contributed by atoms with Crippen molar-refractivity contribution in [1.29, 1.82) is 0 Å². The van der Waals surface area contributed by atoms with Crippen LogP contribution in [0.4, 0.5) is 0 Å². The summed E-state index contributed by atoms with van der Waals surface area (Å²) in [5.41, 5.74) is 10.8. The van der Waals surface area contributed by atoms with Crippen LogP contribution in [0.3, 0.4) is 0 Å². The molecule has 1 atom stereocenters. The normalized spacial score (nSPS) is 15.1. The minimum absolute atomic E-state index is 0.200. The number of nitrogens with two attached hydrogens (primary N) is 1. The average Bonchev–Trinajstić information content (AvgIpc) is 2.94. The first-order valence-electron chi connectivity index (χ1n) is 6.22. The molecule has 4 nitrogen and oxygen atoms in total. The van der Waals surface area contributed by atoms with Gasteiger partial charge in [-0.05, 0) is 28.3 Å². The number of hydrogen-bond acceptors (Lipinski definition) is 4. The Hall–Kier alpha value is -1.91. The lowest BCUT2D eigenvalue weighted by Crippen LogP contribution is -2.12. The molecule has 0 amide bonds. The first kappa shape index (κ1) is 12.1. The van der Waals surface area contributed by atoms with E-state index in [-0.39, 0.29) is 6.04 Å². The lowest BCUT2D eigenvalue weighted by atomic mass is 9.97. The Balaban J connectivity index is 1.92. The molecule has 1 unspecified atom stereocenters. The van der Waals surface area contributed by atoms with Gasteiger partial charge in [0.15, 0.2) is 0 Å². The van der Waals surface area contributed by atoms with Crippen molar-refractivity contribution in [1.82, 2.24) is 4.98 Å². The van der Waals surface area contributed by atoms with Crippen molar-refractivity contribution in [3.8, 4) is 5.75 Å². The third-order valence-electron chi connectivity index (χ3n) is 3.43. The van der Waals surface area contributed by atoms with E-state index in [1.54, 1.807) is 19.5 Å². The van der Waals surface area contributed by atoms with E-state index in [4.69, 9.17) is 15.2 Å². The van der Waals surface area contributed by atoms with Crippen molar-refractivity contribution >= 4 is 0 Å². The molecular formula is C15H16N2O2. The molecule has 1 aromatic heterocycles. The SMILES string of the molecule is COc1cncc(C(N)c2ccc3c(c2)COC3)c1. The highest BCUT2D eigenvalue weighted by molar-refractivity contribution is 5.39. The summed E-state index contributed by atoms with van der Waals surface area (Å²) in [7, 11) is 1.62. The maximum atomic E-state index is 6.30. The monoisotopic (exact) mass is 256 g/mol.